The first-order valence-corrected chi connectivity index (χ1v) is 10.3. The highest BCUT2D eigenvalue weighted by molar-refractivity contribution is 7.99. The third-order valence-electron chi connectivity index (χ3n) is 4.26. The summed E-state index contributed by atoms with van der Waals surface area (Å²) < 4.78 is 6.31. The first-order valence-electron chi connectivity index (χ1n) is 8.63. The number of aryl methyl sites for hydroxylation is 1. The Balaban J connectivity index is 1.78. The third kappa shape index (κ3) is 3.84. The van der Waals surface area contributed by atoms with E-state index in [0.29, 0.717) is 4.88 Å². The van der Waals surface area contributed by atoms with E-state index in [0.717, 1.165) is 31.2 Å². The molecular formula is C19H15N5O4S2. The molecule has 0 atom stereocenters. The van der Waals surface area contributed by atoms with Crippen LogP contribution in [0.2, 0.25) is 0 Å². The molecule has 0 fully saturated rings. The quantitative estimate of drug-likeness (QED) is 0.411. The van der Waals surface area contributed by atoms with E-state index in [1.165, 1.54) is 35.2 Å². The van der Waals surface area contributed by atoms with Gasteiger partial charge in [0.2, 0.25) is 5.95 Å². The van der Waals surface area contributed by atoms with Gasteiger partial charge in [-0.3, -0.25) is 10.1 Å². The van der Waals surface area contributed by atoms with Crippen LogP contribution in [-0.4, -0.2) is 44.7 Å². The molecule has 4 aromatic rings. The van der Waals surface area contributed by atoms with Crippen LogP contribution in [0, 0.1) is 6.92 Å². The molecule has 0 unspecified atom stereocenters. The average molecular weight is 441 g/mol. The minimum Gasteiger partial charge on any atom is -0.496 e. The van der Waals surface area contributed by atoms with Crippen molar-refractivity contribution in [3.05, 3.63) is 52.4 Å². The number of tetrazole rings is 1. The van der Waals surface area contributed by atoms with Crippen LogP contribution in [0.5, 0.6) is 5.75 Å². The van der Waals surface area contributed by atoms with E-state index < -0.39 is 5.97 Å². The van der Waals surface area contributed by atoms with Gasteiger partial charge in [-0.25, -0.2) is 9.89 Å². The van der Waals surface area contributed by atoms with Gasteiger partial charge >= 0.3 is 5.97 Å². The second kappa shape index (κ2) is 8.13. The van der Waals surface area contributed by atoms with Crippen LogP contribution in [0.25, 0.3) is 10.1 Å². The number of carbonyl (C=O) groups is 2. The van der Waals surface area contributed by atoms with Gasteiger partial charge in [-0.05, 0) is 59.3 Å². The number of ether oxygens (including phenoxy) is 1. The number of amides is 1. The van der Waals surface area contributed by atoms with Crippen molar-refractivity contribution in [2.75, 3.05) is 12.4 Å². The lowest BCUT2D eigenvalue weighted by Gasteiger charge is -2.07. The molecule has 0 aliphatic rings. The zero-order valence-electron chi connectivity index (χ0n) is 15.8. The summed E-state index contributed by atoms with van der Waals surface area (Å²) in [6.07, 6.45) is 0. The summed E-state index contributed by atoms with van der Waals surface area (Å²) >= 11 is 2.72. The number of nitrogens with one attached hydrogen (secondary N) is 2. The molecule has 3 N–H and O–H groups in total. The van der Waals surface area contributed by atoms with E-state index >= 15 is 0 Å². The highest BCUT2D eigenvalue weighted by Gasteiger charge is 2.22. The molecule has 0 radical (unpaired) electrons. The smallest absolute Gasteiger partial charge is 0.335 e. The van der Waals surface area contributed by atoms with Crippen molar-refractivity contribution in [3.63, 3.8) is 0 Å². The van der Waals surface area contributed by atoms with Gasteiger partial charge in [0, 0.05) is 19.9 Å². The van der Waals surface area contributed by atoms with E-state index in [1.807, 2.05) is 19.1 Å². The molecule has 2 heterocycles. The largest absolute Gasteiger partial charge is 0.496 e. The molecule has 2 aromatic carbocycles. The lowest BCUT2D eigenvalue weighted by molar-refractivity contribution is 0.0696. The standard InChI is InChI=1S/C19H15N5O4S2/c1-9-7-12-14(8-13(9)28-2)30-16(17(25)20-19-21-23-24-22-19)15(12)29-11-5-3-10(4-6-11)18(26)27/h3-8H,1-2H3,(H,26,27)(H2,20,21,22,23,24,25). The number of carbonyl (C=O) groups excluding carboxylic acids is 1. The molecule has 0 aliphatic carbocycles. The van der Waals surface area contributed by atoms with Gasteiger partial charge in [-0.2, -0.15) is 0 Å². The molecule has 0 spiro atoms. The number of rotatable bonds is 6. The first-order chi connectivity index (χ1) is 14.5. The number of benzene rings is 2. The number of thiophene rings is 1. The predicted molar refractivity (Wildman–Crippen MR) is 113 cm³/mol. The lowest BCUT2D eigenvalue weighted by atomic mass is 10.1. The topological polar surface area (TPSA) is 130 Å². The number of fused-ring (bicyclic) bond motifs is 1. The minimum absolute atomic E-state index is 0.146. The highest BCUT2D eigenvalue weighted by atomic mass is 32.2. The fourth-order valence-corrected chi connectivity index (χ4v) is 5.13. The Morgan fingerprint density at radius 2 is 2.00 bits per heavy atom. The Morgan fingerprint density at radius 1 is 1.23 bits per heavy atom. The Labute approximate surface area is 178 Å². The van der Waals surface area contributed by atoms with Crippen molar-refractivity contribution in [2.24, 2.45) is 0 Å². The Bertz CT molecular complexity index is 1240. The molecule has 9 nitrogen and oxygen atoms in total. The van der Waals surface area contributed by atoms with Crippen molar-refractivity contribution in [2.45, 2.75) is 16.7 Å². The van der Waals surface area contributed by atoms with Crippen molar-refractivity contribution in [1.82, 2.24) is 20.6 Å². The van der Waals surface area contributed by atoms with Crippen molar-refractivity contribution in [1.29, 1.82) is 0 Å². The number of aromatic carboxylic acids is 1. The molecule has 0 bridgehead atoms. The van der Waals surface area contributed by atoms with Gasteiger partial charge < -0.3 is 9.84 Å². The number of H-pyrrole nitrogens is 1. The van der Waals surface area contributed by atoms with Crippen LogP contribution in [0.4, 0.5) is 5.95 Å². The molecule has 11 heteroatoms. The van der Waals surface area contributed by atoms with Crippen LogP contribution >= 0.6 is 23.1 Å². The fourth-order valence-electron chi connectivity index (χ4n) is 2.84. The monoisotopic (exact) mass is 441 g/mol. The number of hydrogen-bond donors (Lipinski definition) is 3. The minimum atomic E-state index is -0.990. The Morgan fingerprint density at radius 3 is 2.63 bits per heavy atom. The van der Waals surface area contributed by atoms with Crippen molar-refractivity contribution < 1.29 is 19.4 Å². The zero-order valence-corrected chi connectivity index (χ0v) is 17.4. The van der Waals surface area contributed by atoms with Gasteiger partial charge in [0.05, 0.1) is 12.7 Å². The van der Waals surface area contributed by atoms with Gasteiger partial charge in [-0.15, -0.1) is 11.3 Å². The molecule has 2 aromatic heterocycles. The number of aromatic nitrogens is 4. The van der Waals surface area contributed by atoms with E-state index in [-0.39, 0.29) is 17.4 Å². The lowest BCUT2D eigenvalue weighted by Crippen LogP contribution is -2.12. The normalized spacial score (nSPS) is 10.9. The number of aromatic amines is 1. The summed E-state index contributed by atoms with van der Waals surface area (Å²) in [5.41, 5.74) is 1.14. The second-order valence-corrected chi connectivity index (χ2v) is 8.35. The summed E-state index contributed by atoms with van der Waals surface area (Å²) in [7, 11) is 1.60. The number of carboxylic acid groups (broad SMARTS) is 1. The van der Waals surface area contributed by atoms with Gasteiger partial charge in [-0.1, -0.05) is 16.9 Å². The van der Waals surface area contributed by atoms with Crippen molar-refractivity contribution in [3.8, 4) is 5.75 Å². The second-order valence-electron chi connectivity index (χ2n) is 6.21. The summed E-state index contributed by atoms with van der Waals surface area (Å²) in [6, 6.07) is 10.4. The van der Waals surface area contributed by atoms with Crippen LogP contribution in [0.15, 0.2) is 46.2 Å². The molecule has 0 aliphatic heterocycles. The summed E-state index contributed by atoms with van der Waals surface area (Å²) in [5, 5.41) is 25.8. The van der Waals surface area contributed by atoms with E-state index in [4.69, 9.17) is 9.84 Å². The Hall–Kier alpha value is -3.44. The number of hydrogen-bond acceptors (Lipinski definition) is 8. The third-order valence-corrected chi connectivity index (χ3v) is 6.68. The van der Waals surface area contributed by atoms with E-state index in [1.54, 1.807) is 19.2 Å². The molecule has 0 saturated heterocycles. The Kier molecular flexibility index (Phi) is 5.38. The van der Waals surface area contributed by atoms with E-state index in [2.05, 4.69) is 25.9 Å². The van der Waals surface area contributed by atoms with Crippen LogP contribution in [0.1, 0.15) is 25.6 Å². The molecule has 0 saturated carbocycles. The highest BCUT2D eigenvalue weighted by Crippen LogP contribution is 2.44. The first kappa shape index (κ1) is 19.9. The maximum Gasteiger partial charge on any atom is 0.335 e. The summed E-state index contributed by atoms with van der Waals surface area (Å²) in [5.74, 6) is -0.461. The van der Waals surface area contributed by atoms with Gasteiger partial charge in [0.25, 0.3) is 5.91 Å². The number of carboxylic acids is 1. The van der Waals surface area contributed by atoms with Crippen LogP contribution < -0.4 is 10.1 Å². The maximum absolute atomic E-state index is 12.9. The predicted octanol–water partition coefficient (Wildman–Crippen LogP) is 3.83. The summed E-state index contributed by atoms with van der Waals surface area (Å²) in [6.45, 7) is 1.94. The van der Waals surface area contributed by atoms with Crippen LogP contribution in [-0.2, 0) is 0 Å². The average Bonchev–Trinajstić information content (AvgIpc) is 3.36. The number of methoxy groups -OCH3 is 1. The fraction of sp³-hybridized carbons (Fsp3) is 0.105. The molecule has 152 valence electrons. The maximum atomic E-state index is 12.9. The van der Waals surface area contributed by atoms with Crippen LogP contribution in [0.3, 0.4) is 0 Å². The summed E-state index contributed by atoms with van der Waals surface area (Å²) in [4.78, 5) is 26.1. The molecular weight excluding hydrogens is 426 g/mol. The molecule has 30 heavy (non-hydrogen) atoms. The van der Waals surface area contributed by atoms with E-state index in [9.17, 15) is 9.59 Å². The van der Waals surface area contributed by atoms with Crippen molar-refractivity contribution >= 4 is 51.0 Å². The van der Waals surface area contributed by atoms with Gasteiger partial charge in [0.15, 0.2) is 0 Å². The van der Waals surface area contributed by atoms with Gasteiger partial charge in [0.1, 0.15) is 10.6 Å². The number of nitrogens with zero attached hydrogens (tertiary/aromatic N) is 3. The molecule has 1 amide bonds. The SMILES string of the molecule is COc1cc2sc(C(=O)Nc3nnn[nH]3)c(Sc3ccc(C(=O)O)cc3)c2cc1C. The molecule has 4 rings (SSSR count). The number of anilines is 1. The zero-order chi connectivity index (χ0) is 21.3.